The molecule has 25 heavy (non-hydrogen) atoms. The number of nitriles is 1. The number of benzene rings is 2. The van der Waals surface area contributed by atoms with Crippen LogP contribution >= 0.6 is 0 Å². The lowest BCUT2D eigenvalue weighted by molar-refractivity contribution is 0.641. The minimum atomic E-state index is 0.484. The van der Waals surface area contributed by atoms with E-state index >= 15 is 0 Å². The van der Waals surface area contributed by atoms with Crippen LogP contribution in [0, 0.1) is 17.2 Å². The van der Waals surface area contributed by atoms with Crippen LogP contribution in [0.2, 0.25) is 0 Å². The van der Waals surface area contributed by atoms with Crippen LogP contribution in [0.5, 0.6) is 0 Å². The maximum absolute atomic E-state index is 9.72. The zero-order chi connectivity index (χ0) is 17.4. The molecule has 3 nitrogen and oxygen atoms in total. The van der Waals surface area contributed by atoms with E-state index in [2.05, 4.69) is 37.0 Å². The number of hydrogen-bond donors (Lipinski definition) is 0. The van der Waals surface area contributed by atoms with Gasteiger partial charge in [0.25, 0.3) is 0 Å². The lowest BCUT2D eigenvalue weighted by atomic mass is 9.96. The first-order valence-electron chi connectivity index (χ1n) is 8.47. The standard InChI is InChI=1S/C22H18N2O/c1-14(2)12-15-9-10-17-16-6-5-7-18(20-8-3-4-11-24-20)21(16)25-22(17)19(15)13-23/h3-11,14H,12H2,1-2H3. The van der Waals surface area contributed by atoms with Gasteiger partial charge >= 0.3 is 0 Å². The largest absolute Gasteiger partial charge is 0.454 e. The topological polar surface area (TPSA) is 49.8 Å². The number of fused-ring (bicyclic) bond motifs is 3. The fourth-order valence-electron chi connectivity index (χ4n) is 3.36. The Kier molecular flexibility index (Phi) is 3.74. The smallest absolute Gasteiger partial charge is 0.153 e. The van der Waals surface area contributed by atoms with Crippen molar-refractivity contribution in [3.8, 4) is 17.3 Å². The van der Waals surface area contributed by atoms with Gasteiger partial charge in [-0.05, 0) is 36.1 Å². The highest BCUT2D eigenvalue weighted by Crippen LogP contribution is 2.37. The molecule has 0 spiro atoms. The molecule has 2 aromatic heterocycles. The van der Waals surface area contributed by atoms with Gasteiger partial charge in [0.05, 0.1) is 11.3 Å². The van der Waals surface area contributed by atoms with Crippen molar-refractivity contribution in [1.29, 1.82) is 5.26 Å². The molecule has 4 aromatic rings. The van der Waals surface area contributed by atoms with Gasteiger partial charge in [0.15, 0.2) is 5.58 Å². The van der Waals surface area contributed by atoms with E-state index in [4.69, 9.17) is 4.42 Å². The molecule has 0 N–H and O–H groups in total. The summed E-state index contributed by atoms with van der Waals surface area (Å²) < 4.78 is 6.22. The highest BCUT2D eigenvalue weighted by Gasteiger charge is 2.17. The normalized spacial score (nSPS) is 11.3. The molecule has 0 aliphatic heterocycles. The molecule has 4 rings (SSSR count). The number of para-hydroxylation sites is 1. The molecule has 122 valence electrons. The van der Waals surface area contributed by atoms with Gasteiger partial charge in [0, 0.05) is 22.5 Å². The number of hydrogen-bond acceptors (Lipinski definition) is 3. The molecule has 2 heterocycles. The highest BCUT2D eigenvalue weighted by molar-refractivity contribution is 6.10. The third-order valence-corrected chi connectivity index (χ3v) is 4.43. The summed E-state index contributed by atoms with van der Waals surface area (Å²) in [6.07, 6.45) is 2.64. The Labute approximate surface area is 146 Å². The van der Waals surface area contributed by atoms with Crippen molar-refractivity contribution in [2.45, 2.75) is 20.3 Å². The van der Waals surface area contributed by atoms with Crippen LogP contribution in [0.25, 0.3) is 33.2 Å². The minimum absolute atomic E-state index is 0.484. The van der Waals surface area contributed by atoms with Crippen molar-refractivity contribution < 1.29 is 4.42 Å². The predicted molar refractivity (Wildman–Crippen MR) is 100 cm³/mol. The van der Waals surface area contributed by atoms with Crippen LogP contribution in [0.1, 0.15) is 25.0 Å². The maximum Gasteiger partial charge on any atom is 0.153 e. The molecule has 2 aromatic carbocycles. The van der Waals surface area contributed by atoms with Crippen LogP contribution in [0.15, 0.2) is 59.1 Å². The summed E-state index contributed by atoms with van der Waals surface area (Å²) in [5.41, 5.74) is 4.97. The van der Waals surface area contributed by atoms with Gasteiger partial charge in [0.1, 0.15) is 11.7 Å². The van der Waals surface area contributed by atoms with E-state index in [1.165, 1.54) is 0 Å². The highest BCUT2D eigenvalue weighted by atomic mass is 16.3. The third kappa shape index (κ3) is 2.56. The van der Waals surface area contributed by atoms with Crippen molar-refractivity contribution in [3.05, 3.63) is 65.9 Å². The predicted octanol–water partition coefficient (Wildman–Crippen LogP) is 5.72. The van der Waals surface area contributed by atoms with Crippen LogP contribution in [-0.2, 0) is 6.42 Å². The molecule has 0 aliphatic rings. The van der Waals surface area contributed by atoms with Crippen LogP contribution in [0.4, 0.5) is 0 Å². The van der Waals surface area contributed by atoms with Gasteiger partial charge in [-0.2, -0.15) is 5.26 Å². The Morgan fingerprint density at radius 2 is 1.84 bits per heavy atom. The number of aromatic nitrogens is 1. The monoisotopic (exact) mass is 326 g/mol. The third-order valence-electron chi connectivity index (χ3n) is 4.43. The molecule has 0 radical (unpaired) electrons. The van der Waals surface area contributed by atoms with Gasteiger partial charge in [-0.15, -0.1) is 0 Å². The van der Waals surface area contributed by atoms with Crippen molar-refractivity contribution in [2.24, 2.45) is 5.92 Å². The van der Waals surface area contributed by atoms with Crippen LogP contribution in [-0.4, -0.2) is 4.98 Å². The zero-order valence-corrected chi connectivity index (χ0v) is 14.3. The molecule has 3 heteroatoms. The van der Waals surface area contributed by atoms with Gasteiger partial charge in [-0.3, -0.25) is 4.98 Å². The summed E-state index contributed by atoms with van der Waals surface area (Å²) in [6.45, 7) is 4.31. The Bertz CT molecular complexity index is 1100. The fourth-order valence-corrected chi connectivity index (χ4v) is 3.36. The number of rotatable bonds is 3. The Morgan fingerprint density at radius 1 is 1.00 bits per heavy atom. The molecule has 0 atom stereocenters. The average Bonchev–Trinajstić information content (AvgIpc) is 3.00. The van der Waals surface area contributed by atoms with E-state index < -0.39 is 0 Å². The SMILES string of the molecule is CC(C)Cc1ccc2c(oc3c(-c4ccccn4)cccc32)c1C#N. The lowest BCUT2D eigenvalue weighted by Crippen LogP contribution is -1.97. The molecular formula is C22H18N2O. The molecule has 0 unspecified atom stereocenters. The molecular weight excluding hydrogens is 308 g/mol. The first-order valence-corrected chi connectivity index (χ1v) is 8.47. The van der Waals surface area contributed by atoms with E-state index in [9.17, 15) is 5.26 Å². The summed E-state index contributed by atoms with van der Waals surface area (Å²) in [7, 11) is 0. The minimum Gasteiger partial charge on any atom is -0.454 e. The Hall–Kier alpha value is -3.12. The van der Waals surface area contributed by atoms with E-state index in [0.717, 1.165) is 39.6 Å². The molecule has 0 bridgehead atoms. The zero-order valence-electron chi connectivity index (χ0n) is 14.3. The van der Waals surface area contributed by atoms with Crippen molar-refractivity contribution in [3.63, 3.8) is 0 Å². The second kappa shape index (κ2) is 6.07. The van der Waals surface area contributed by atoms with E-state index in [0.29, 0.717) is 17.1 Å². The fraction of sp³-hybridized carbons (Fsp3) is 0.182. The maximum atomic E-state index is 9.72. The van der Waals surface area contributed by atoms with Crippen molar-refractivity contribution >= 4 is 21.9 Å². The Morgan fingerprint density at radius 3 is 2.56 bits per heavy atom. The van der Waals surface area contributed by atoms with Crippen molar-refractivity contribution in [2.75, 3.05) is 0 Å². The summed E-state index contributed by atoms with van der Waals surface area (Å²) >= 11 is 0. The quantitative estimate of drug-likeness (QED) is 0.484. The molecule has 0 fully saturated rings. The average molecular weight is 326 g/mol. The molecule has 0 saturated carbocycles. The van der Waals surface area contributed by atoms with Gasteiger partial charge < -0.3 is 4.42 Å². The van der Waals surface area contributed by atoms with Gasteiger partial charge in [-0.1, -0.05) is 44.2 Å². The molecule has 0 amide bonds. The first kappa shape index (κ1) is 15.4. The van der Waals surface area contributed by atoms with Gasteiger partial charge in [-0.25, -0.2) is 0 Å². The summed E-state index contributed by atoms with van der Waals surface area (Å²) in [5.74, 6) is 0.484. The lowest BCUT2D eigenvalue weighted by Gasteiger charge is -2.06. The summed E-state index contributed by atoms with van der Waals surface area (Å²) in [6, 6.07) is 18.4. The molecule has 0 saturated heterocycles. The number of nitrogens with zero attached hydrogens (tertiary/aromatic N) is 2. The number of pyridine rings is 1. The summed E-state index contributed by atoms with van der Waals surface area (Å²) in [4.78, 5) is 4.44. The van der Waals surface area contributed by atoms with Gasteiger partial charge in [0.2, 0.25) is 0 Å². The van der Waals surface area contributed by atoms with E-state index in [-0.39, 0.29) is 0 Å². The van der Waals surface area contributed by atoms with Crippen LogP contribution < -0.4 is 0 Å². The number of furan rings is 1. The van der Waals surface area contributed by atoms with Crippen molar-refractivity contribution in [1.82, 2.24) is 4.98 Å². The molecule has 0 aliphatic carbocycles. The second-order valence-electron chi connectivity index (χ2n) is 6.69. The summed E-state index contributed by atoms with van der Waals surface area (Å²) in [5, 5.41) is 11.7. The van der Waals surface area contributed by atoms with Crippen LogP contribution in [0.3, 0.4) is 0 Å². The Balaban J connectivity index is 2.03. The second-order valence-corrected chi connectivity index (χ2v) is 6.69. The van der Waals surface area contributed by atoms with E-state index in [1.54, 1.807) is 6.20 Å². The first-order chi connectivity index (χ1) is 12.2. The van der Waals surface area contributed by atoms with E-state index in [1.807, 2.05) is 36.4 Å².